The van der Waals surface area contributed by atoms with Crippen LogP contribution >= 0.6 is 0 Å². The van der Waals surface area contributed by atoms with Crippen molar-refractivity contribution in [1.29, 1.82) is 0 Å². The molecule has 0 saturated heterocycles. The molecule has 0 radical (unpaired) electrons. The van der Waals surface area contributed by atoms with Crippen LogP contribution in [0.15, 0.2) is 42.7 Å². The quantitative estimate of drug-likeness (QED) is 0.672. The van der Waals surface area contributed by atoms with Gasteiger partial charge in [0.05, 0.1) is 11.9 Å². The molecule has 0 unspecified atom stereocenters. The zero-order chi connectivity index (χ0) is 11.1. The summed E-state index contributed by atoms with van der Waals surface area (Å²) in [6.45, 7) is 0. The van der Waals surface area contributed by atoms with Gasteiger partial charge in [-0.2, -0.15) is 0 Å². The van der Waals surface area contributed by atoms with Crippen molar-refractivity contribution < 1.29 is 5.21 Å². The van der Waals surface area contributed by atoms with Crippen LogP contribution in [-0.4, -0.2) is 15.2 Å². The van der Waals surface area contributed by atoms with Gasteiger partial charge in [-0.15, -0.1) is 0 Å². The van der Waals surface area contributed by atoms with Crippen LogP contribution in [-0.2, 0) is 0 Å². The van der Waals surface area contributed by atoms with Crippen molar-refractivity contribution in [2.75, 3.05) is 15.7 Å². The van der Waals surface area contributed by atoms with Crippen LogP contribution in [0, 0.1) is 0 Å². The number of nitrogens with two attached hydrogens (primary N) is 1. The zero-order valence-electron chi connectivity index (χ0n) is 8.28. The number of nitrogen functional groups attached to an aromatic ring is 1. The minimum atomic E-state index is 0.241. The minimum absolute atomic E-state index is 0.241. The molecular weight excluding hydrogens is 206 g/mol. The van der Waals surface area contributed by atoms with Gasteiger partial charge >= 0.3 is 0 Å². The second-order valence-corrected chi connectivity index (χ2v) is 3.40. The Labute approximate surface area is 91.6 Å². The normalized spacial score (nSPS) is 16.9. The Morgan fingerprint density at radius 2 is 2.12 bits per heavy atom. The second-order valence-electron chi connectivity index (χ2n) is 3.40. The Hall–Kier alpha value is -2.34. The summed E-state index contributed by atoms with van der Waals surface area (Å²) >= 11 is 0. The standard InChI is InChI=1S/C10H9N5O/c11-9-8-10(13-6-12-9)14-4-2-1-3-7(14)5-15(8)16/h1-6,16H,(H2,11,12,13). The van der Waals surface area contributed by atoms with E-state index >= 15 is 0 Å². The van der Waals surface area contributed by atoms with Crippen LogP contribution in [0.1, 0.15) is 0 Å². The van der Waals surface area contributed by atoms with Crippen molar-refractivity contribution in [2.45, 2.75) is 0 Å². The molecule has 80 valence electrons. The van der Waals surface area contributed by atoms with Gasteiger partial charge < -0.3 is 5.73 Å². The summed E-state index contributed by atoms with van der Waals surface area (Å²) in [5.41, 5.74) is 6.91. The Bertz CT molecular complexity index is 534. The number of hydroxylamine groups is 1. The first kappa shape index (κ1) is 8.93. The summed E-state index contributed by atoms with van der Waals surface area (Å²) in [7, 11) is 0. The lowest BCUT2D eigenvalue weighted by Gasteiger charge is -2.31. The van der Waals surface area contributed by atoms with Gasteiger partial charge in [0, 0.05) is 6.20 Å². The molecule has 0 amide bonds. The molecule has 0 atom stereocenters. The average molecular weight is 215 g/mol. The number of hydrogen-bond donors (Lipinski definition) is 2. The van der Waals surface area contributed by atoms with Crippen molar-refractivity contribution in [1.82, 2.24) is 9.97 Å². The van der Waals surface area contributed by atoms with E-state index in [-0.39, 0.29) is 5.82 Å². The molecular formula is C10H9N5O. The fourth-order valence-electron chi connectivity index (χ4n) is 1.72. The summed E-state index contributed by atoms with van der Waals surface area (Å²) < 4.78 is 0. The number of hydrogen-bond acceptors (Lipinski definition) is 6. The van der Waals surface area contributed by atoms with Crippen LogP contribution in [0.2, 0.25) is 0 Å². The molecule has 1 aromatic heterocycles. The van der Waals surface area contributed by atoms with Gasteiger partial charge in [0.25, 0.3) is 0 Å². The van der Waals surface area contributed by atoms with Crippen LogP contribution in [0.5, 0.6) is 0 Å². The van der Waals surface area contributed by atoms with E-state index in [1.54, 1.807) is 6.20 Å². The molecule has 0 aliphatic carbocycles. The summed E-state index contributed by atoms with van der Waals surface area (Å²) in [6.07, 6.45) is 10.4. The van der Waals surface area contributed by atoms with Gasteiger partial charge in [-0.05, 0) is 12.2 Å². The number of allylic oxidation sites excluding steroid dienone is 3. The van der Waals surface area contributed by atoms with Crippen LogP contribution in [0.4, 0.5) is 17.3 Å². The molecule has 0 fully saturated rings. The van der Waals surface area contributed by atoms with Crippen molar-refractivity contribution in [3.05, 3.63) is 42.7 Å². The predicted octanol–water partition coefficient (Wildman–Crippen LogP) is 0.999. The van der Waals surface area contributed by atoms with E-state index in [1.807, 2.05) is 29.3 Å². The molecule has 0 aromatic carbocycles. The maximum Gasteiger partial charge on any atom is 0.169 e. The number of aromatic nitrogens is 2. The summed E-state index contributed by atoms with van der Waals surface area (Å²) in [5.74, 6) is 0.804. The maximum atomic E-state index is 9.79. The highest BCUT2D eigenvalue weighted by Crippen LogP contribution is 2.37. The highest BCUT2D eigenvalue weighted by atomic mass is 16.5. The third kappa shape index (κ3) is 1.10. The fraction of sp³-hybridized carbons (Fsp3) is 0. The molecule has 6 heteroatoms. The molecule has 0 bridgehead atoms. The van der Waals surface area contributed by atoms with E-state index in [1.165, 1.54) is 6.33 Å². The van der Waals surface area contributed by atoms with E-state index in [9.17, 15) is 5.21 Å². The molecule has 3 rings (SSSR count). The van der Waals surface area contributed by atoms with E-state index in [2.05, 4.69) is 9.97 Å². The molecule has 0 saturated carbocycles. The maximum absolute atomic E-state index is 9.79. The molecule has 3 heterocycles. The summed E-state index contributed by atoms with van der Waals surface area (Å²) in [6, 6.07) is 0. The zero-order valence-corrected chi connectivity index (χ0v) is 8.28. The molecule has 16 heavy (non-hydrogen) atoms. The third-order valence-corrected chi connectivity index (χ3v) is 2.43. The first-order chi connectivity index (χ1) is 7.77. The lowest BCUT2D eigenvalue weighted by molar-refractivity contribution is 0.293. The largest absolute Gasteiger partial charge is 0.382 e. The first-order valence-electron chi connectivity index (χ1n) is 4.72. The lowest BCUT2D eigenvalue weighted by Crippen LogP contribution is -2.29. The Morgan fingerprint density at radius 3 is 3.00 bits per heavy atom. The SMILES string of the molecule is Nc1ncnc2c1N(O)C=C1C=CC=CN12. The van der Waals surface area contributed by atoms with E-state index in [4.69, 9.17) is 5.73 Å². The molecule has 0 spiro atoms. The van der Waals surface area contributed by atoms with Gasteiger partial charge in [-0.1, -0.05) is 6.08 Å². The van der Waals surface area contributed by atoms with Crippen LogP contribution in [0.25, 0.3) is 0 Å². The van der Waals surface area contributed by atoms with Gasteiger partial charge in [-0.3, -0.25) is 10.1 Å². The lowest BCUT2D eigenvalue weighted by atomic mass is 10.2. The highest BCUT2D eigenvalue weighted by Gasteiger charge is 2.26. The van der Waals surface area contributed by atoms with Crippen molar-refractivity contribution >= 4 is 17.3 Å². The first-order valence-corrected chi connectivity index (χ1v) is 4.72. The van der Waals surface area contributed by atoms with Crippen molar-refractivity contribution in [2.24, 2.45) is 0 Å². The minimum Gasteiger partial charge on any atom is -0.382 e. The molecule has 2 aliphatic heterocycles. The monoisotopic (exact) mass is 215 g/mol. The van der Waals surface area contributed by atoms with Crippen LogP contribution < -0.4 is 15.7 Å². The fourth-order valence-corrected chi connectivity index (χ4v) is 1.72. The van der Waals surface area contributed by atoms with Crippen LogP contribution in [0.3, 0.4) is 0 Å². The Balaban J connectivity index is 2.23. The van der Waals surface area contributed by atoms with E-state index < -0.39 is 0 Å². The summed E-state index contributed by atoms with van der Waals surface area (Å²) in [4.78, 5) is 9.80. The van der Waals surface area contributed by atoms with Gasteiger partial charge in [0.2, 0.25) is 0 Å². The number of rotatable bonds is 0. The van der Waals surface area contributed by atoms with Crippen molar-refractivity contribution in [3.63, 3.8) is 0 Å². The van der Waals surface area contributed by atoms with E-state index in [0.717, 1.165) is 10.8 Å². The highest BCUT2D eigenvalue weighted by molar-refractivity contribution is 5.82. The molecule has 1 aromatic rings. The van der Waals surface area contributed by atoms with Gasteiger partial charge in [0.15, 0.2) is 17.3 Å². The average Bonchev–Trinajstić information content (AvgIpc) is 2.29. The molecule has 2 aliphatic rings. The number of nitrogens with zero attached hydrogens (tertiary/aromatic N) is 4. The number of fused-ring (bicyclic) bond motifs is 3. The van der Waals surface area contributed by atoms with Gasteiger partial charge in [-0.25, -0.2) is 15.0 Å². The third-order valence-electron chi connectivity index (χ3n) is 2.43. The topological polar surface area (TPSA) is 78.5 Å². The Morgan fingerprint density at radius 1 is 1.25 bits per heavy atom. The number of anilines is 3. The molecule has 6 nitrogen and oxygen atoms in total. The predicted molar refractivity (Wildman–Crippen MR) is 59.6 cm³/mol. The summed E-state index contributed by atoms with van der Waals surface area (Å²) in [5, 5.41) is 10.7. The second kappa shape index (κ2) is 3.07. The van der Waals surface area contributed by atoms with Gasteiger partial charge in [0.1, 0.15) is 6.33 Å². The smallest absolute Gasteiger partial charge is 0.169 e. The Kier molecular flexibility index (Phi) is 1.72. The van der Waals surface area contributed by atoms with Crippen molar-refractivity contribution in [3.8, 4) is 0 Å². The molecule has 3 N–H and O–H groups in total. The van der Waals surface area contributed by atoms with E-state index in [0.29, 0.717) is 11.5 Å².